The standard InChI is InChI=1S/C28H27N5O3.C24H19ClN4O2.C20H19N5O2.C19H16IN3O2.C5H5BClNO2.C5H3BrClN.C5H10O.K.H2O/c1-34-22-10-5-19(6-11-22)18-29-28-32-31-27(36-28)21-8-7-20-9-12-23(24(20)17-21)25-3-2-4-26(30-25)33-13-15-35-16-14-33;1-30-18-10-5-15(6-11-18)14-26-24-29-28-23(31-24)17-8-7-16-9-12-19(20(16)13-17)21-3-2-4-22(25)27-21;21-20-24-23-19(27-20)14-5-4-13-6-7-15(16(13)12-14)17-2-1-3-18(22-17)25-8-10-26-11-9-25;1-24-15-7-2-12(3-8-15)11-21-19-23-22-18(25-19)14-5-4-13-6-9-17(20)16(13)10-14;7-5-3-1-2-4(8-5)6(9)10;6-4-2-1-3-5(7)8-4;1-2-4-6-5-3-1;;/h2-8,10-12,17H,9,13-16,18H2,1H3,(H,29,32);2-8,10-13H,9,14H2,1H3,(H,26,29);1-5,7,12H,6,8-11H2,(H2,21,24);2-5,7-10H,6,11H2,1H3,(H,21,23);1-3,9-10H;1-3H;1-5H2;;1H2/q;;;;;;;+1;/p-1. The summed E-state index contributed by atoms with van der Waals surface area (Å²) in [5.41, 5.74) is 28.5. The Morgan fingerprint density at radius 2 is 0.731 bits per heavy atom. The Kier molecular flexibility index (Phi) is 39.1. The molecule has 7 aliphatic rings. The van der Waals surface area contributed by atoms with E-state index in [2.05, 4.69) is 229 Å². The first kappa shape index (κ1) is 107. The number of allylic oxidation sites excluding steroid dienone is 4. The van der Waals surface area contributed by atoms with Crippen molar-refractivity contribution < 1.29 is 113 Å². The molecule has 3 fully saturated rings. The van der Waals surface area contributed by atoms with Gasteiger partial charge in [-0.15, -0.1) is 20.4 Å². The monoisotopic (exact) mass is 2210 g/mol. The van der Waals surface area contributed by atoms with Gasteiger partial charge in [0.25, 0.3) is 0 Å². The summed E-state index contributed by atoms with van der Waals surface area (Å²) in [4.78, 5) is 26.4. The van der Waals surface area contributed by atoms with Crippen molar-refractivity contribution in [2.24, 2.45) is 0 Å². The number of fused-ring (bicyclic) bond motifs is 4. The Labute approximate surface area is 917 Å². The number of pyridine rings is 5. The van der Waals surface area contributed by atoms with Crippen LogP contribution in [0.1, 0.15) is 97.5 Å². The van der Waals surface area contributed by atoms with Gasteiger partial charge in [-0.2, -0.15) is 0 Å². The molecular formula is C106H100BBrCl3IKN19O13. The number of nitrogens with one attached hydrogen (secondary N) is 3. The third kappa shape index (κ3) is 29.3. The van der Waals surface area contributed by atoms with Gasteiger partial charge in [0.1, 0.15) is 48.9 Å². The van der Waals surface area contributed by atoms with E-state index in [0.29, 0.717) is 71.5 Å². The van der Waals surface area contributed by atoms with E-state index < -0.39 is 7.12 Å². The normalized spacial score (nSPS) is 13.7. The largest absolute Gasteiger partial charge is 1.00 e. The number of nitrogen functional groups attached to an aromatic ring is 1. The van der Waals surface area contributed by atoms with Crippen molar-refractivity contribution in [1.29, 1.82) is 0 Å². The van der Waals surface area contributed by atoms with Crippen LogP contribution < -0.4 is 103 Å². The molecule has 7 aromatic carbocycles. The van der Waals surface area contributed by atoms with Crippen LogP contribution in [-0.4, -0.2) is 176 Å². The van der Waals surface area contributed by atoms with Crippen LogP contribution in [-0.2, 0) is 59.5 Å². The zero-order chi connectivity index (χ0) is 98.8. The minimum atomic E-state index is -1.54. The maximum Gasteiger partial charge on any atom is 1.00 e. The van der Waals surface area contributed by atoms with Crippen molar-refractivity contribution in [3.05, 3.63) is 359 Å². The molecule has 0 amide bonds. The summed E-state index contributed by atoms with van der Waals surface area (Å²) in [6, 6.07) is 77.7. The first-order valence-electron chi connectivity index (χ1n) is 46.2. The first-order chi connectivity index (χ1) is 69.9. The number of nitrogens with zero attached hydrogens (tertiary/aromatic N) is 15. The van der Waals surface area contributed by atoms with Gasteiger partial charge < -0.3 is 93.1 Å². The number of anilines is 6. The smallest absolute Gasteiger partial charge is 0.870 e. The van der Waals surface area contributed by atoms with E-state index in [1.807, 2.05) is 121 Å². The SMILES string of the molecule is C1CCOCC1.COc1ccc(CNc2nnc(-c3ccc4c(c3)C(I)=CC4)o2)cc1.COc1ccc(CNc2nnc(-c3ccc4c(c3)C(c3cccc(Cl)n3)=CC4)o2)cc1.COc1ccc(CNc2nnc(-c3ccc4c(c3)C(c3cccc(N5CCOCC5)n3)=CC4)o2)cc1.Clc1cccc(Br)n1.Nc1nnc(-c2ccc3c(c2)C(c2cccc(N4CCOCC4)n2)=CC3)o1.OB(O)c1cccc(Cl)n1.[K+].[OH-]. The number of hydrogen-bond acceptors (Lipinski definition) is 32. The average Bonchev–Trinajstić information content (AvgIpc) is 1.66. The number of nitrogens with two attached hydrogens (primary N) is 1. The van der Waals surface area contributed by atoms with E-state index in [1.165, 1.54) is 56.7 Å². The average molecular weight is 2210 g/mol. The topological polar surface area (TPSA) is 415 Å². The van der Waals surface area contributed by atoms with E-state index in [4.69, 9.17) is 107 Å². The Bertz CT molecular complexity index is 7130. The molecule has 32 nitrogen and oxygen atoms in total. The second-order valence-corrected chi connectivity index (χ2v) is 36.2. The van der Waals surface area contributed by atoms with Crippen LogP contribution in [0.2, 0.25) is 15.5 Å². The van der Waals surface area contributed by atoms with Crippen LogP contribution in [0.5, 0.6) is 17.2 Å². The third-order valence-electron chi connectivity index (χ3n) is 23.6. The fraction of sp³-hybridized carbons (Fsp3) is 0.217. The molecule has 39 heteroatoms. The Balaban J connectivity index is 0.000000135. The van der Waals surface area contributed by atoms with Crippen molar-refractivity contribution >= 4 is 142 Å². The molecule has 4 aliphatic carbocycles. The van der Waals surface area contributed by atoms with E-state index >= 15 is 0 Å². The number of halogens is 5. The fourth-order valence-corrected chi connectivity index (χ4v) is 17.8. The second kappa shape index (κ2) is 53.1. The maximum atomic E-state index is 8.58. The molecular weight excluding hydrogens is 2110 g/mol. The van der Waals surface area contributed by atoms with Gasteiger partial charge in [0, 0.05) is 102 Å². The van der Waals surface area contributed by atoms with Gasteiger partial charge in [-0.3, -0.25) is 0 Å². The third-order valence-corrected chi connectivity index (χ3v) is 25.7. The van der Waals surface area contributed by atoms with Crippen molar-refractivity contribution in [3.63, 3.8) is 0 Å². The number of benzene rings is 7. The summed E-state index contributed by atoms with van der Waals surface area (Å²) in [7, 11) is 3.42. The van der Waals surface area contributed by atoms with Gasteiger partial charge in [-0.25, -0.2) is 24.9 Å². The van der Waals surface area contributed by atoms with Crippen LogP contribution in [0.25, 0.3) is 66.1 Å². The van der Waals surface area contributed by atoms with E-state index in [1.54, 1.807) is 45.6 Å². The molecule has 9 aromatic heterocycles. The zero-order valence-corrected chi connectivity index (χ0v) is 88.8. The van der Waals surface area contributed by atoms with E-state index in [0.717, 1.165) is 214 Å². The predicted molar refractivity (Wildman–Crippen MR) is 569 cm³/mol. The molecule has 736 valence electrons. The summed E-state index contributed by atoms with van der Waals surface area (Å²) in [6.45, 7) is 10.2. The molecule has 12 heterocycles. The number of hydrogen-bond donors (Lipinski definition) is 6. The van der Waals surface area contributed by atoms with Crippen molar-refractivity contribution in [2.45, 2.75) is 64.6 Å². The number of aromatic nitrogens is 13. The summed E-state index contributed by atoms with van der Waals surface area (Å²) < 4.78 is 56.5. The minimum absolute atomic E-state index is 0. The molecule has 0 bridgehead atoms. The molecule has 0 atom stereocenters. The van der Waals surface area contributed by atoms with E-state index in [-0.39, 0.29) is 73.6 Å². The second-order valence-electron chi connectivity index (χ2n) is 33.0. The Hall–Kier alpha value is -12.4. The molecule has 0 radical (unpaired) electrons. The summed E-state index contributed by atoms with van der Waals surface area (Å²) in [5, 5.41) is 60.7. The Morgan fingerprint density at radius 3 is 1.07 bits per heavy atom. The number of methoxy groups -OCH3 is 3. The number of rotatable bonds is 22. The first-order valence-corrected chi connectivity index (χ1v) is 49.2. The Morgan fingerprint density at radius 1 is 0.386 bits per heavy atom. The van der Waals surface area contributed by atoms with Gasteiger partial charge in [0.05, 0.1) is 70.4 Å². The molecule has 23 rings (SSSR count). The molecule has 3 aliphatic heterocycles. The van der Waals surface area contributed by atoms with Crippen LogP contribution in [0, 0.1) is 0 Å². The van der Waals surface area contributed by atoms with Gasteiger partial charge in [0.2, 0.25) is 23.6 Å². The van der Waals surface area contributed by atoms with Gasteiger partial charge in [-0.1, -0.05) is 170 Å². The van der Waals surface area contributed by atoms with Gasteiger partial charge >= 0.3 is 82.6 Å². The molecule has 0 saturated carbocycles. The number of ether oxygens (including phenoxy) is 6. The molecule has 145 heavy (non-hydrogen) atoms. The summed E-state index contributed by atoms with van der Waals surface area (Å²) in [6.07, 6.45) is 16.4. The predicted octanol–water partition coefficient (Wildman–Crippen LogP) is 17.1. The fourth-order valence-electron chi connectivity index (χ4n) is 16.2. The quantitative estimate of drug-likeness (QED) is 0.0208. The van der Waals surface area contributed by atoms with E-state index in [9.17, 15) is 0 Å². The van der Waals surface area contributed by atoms with Crippen LogP contribution >= 0.6 is 73.3 Å². The molecule has 16 aromatic rings. The maximum absolute atomic E-state index is 8.58. The van der Waals surface area contributed by atoms with Crippen molar-refractivity contribution in [3.8, 4) is 63.1 Å². The zero-order valence-electron chi connectivity index (χ0n) is 79.6. The van der Waals surface area contributed by atoms with Crippen molar-refractivity contribution in [2.75, 3.05) is 119 Å². The van der Waals surface area contributed by atoms with Crippen LogP contribution in [0.15, 0.2) is 283 Å². The molecule has 8 N–H and O–H groups in total. The molecule has 0 unspecified atom stereocenters. The van der Waals surface area contributed by atoms with Crippen molar-refractivity contribution in [1.82, 2.24) is 65.7 Å². The summed E-state index contributed by atoms with van der Waals surface area (Å²) in [5.74, 6) is 6.36. The minimum Gasteiger partial charge on any atom is -0.870 e. The molecule has 0 spiro atoms. The van der Waals surface area contributed by atoms with Gasteiger partial charge in [-0.05, 0) is 290 Å². The van der Waals surface area contributed by atoms with Crippen LogP contribution in [0.4, 0.5) is 35.7 Å². The summed E-state index contributed by atoms with van der Waals surface area (Å²) >= 11 is 22.6. The molecule has 3 saturated heterocycles. The van der Waals surface area contributed by atoms with Gasteiger partial charge in [0.15, 0.2) is 0 Å². The number of morpholine rings is 2. The van der Waals surface area contributed by atoms with Crippen LogP contribution in [0.3, 0.4) is 0 Å².